The molecule has 0 saturated carbocycles. The monoisotopic (exact) mass is 300 g/mol. The van der Waals surface area contributed by atoms with Crippen molar-refractivity contribution in [2.75, 3.05) is 6.54 Å². The van der Waals surface area contributed by atoms with E-state index in [-0.39, 0.29) is 16.7 Å². The van der Waals surface area contributed by atoms with Crippen molar-refractivity contribution in [3.8, 4) is 0 Å². The molecule has 0 amide bonds. The van der Waals surface area contributed by atoms with Gasteiger partial charge in [0.05, 0.1) is 18.9 Å². The van der Waals surface area contributed by atoms with E-state index in [1.807, 2.05) is 4.57 Å². The highest BCUT2D eigenvalue weighted by Gasteiger charge is 2.29. The van der Waals surface area contributed by atoms with Gasteiger partial charge in [0.15, 0.2) is 0 Å². The molecular weight excluding hydrogens is 292 g/mol. The highest BCUT2D eigenvalue weighted by molar-refractivity contribution is 7.89. The van der Waals surface area contributed by atoms with E-state index < -0.39 is 10.0 Å². The lowest BCUT2D eigenvalue weighted by atomic mass is 10.4. The highest BCUT2D eigenvalue weighted by Crippen LogP contribution is 2.19. The average Bonchev–Trinajstić information content (AvgIpc) is 2.86. The van der Waals surface area contributed by atoms with Gasteiger partial charge in [0.1, 0.15) is 17.0 Å². The molecule has 19 heavy (non-hydrogen) atoms. The van der Waals surface area contributed by atoms with E-state index in [0.29, 0.717) is 18.9 Å². The quantitative estimate of drug-likeness (QED) is 0.720. The molecule has 0 fully saturated rings. The van der Waals surface area contributed by atoms with Crippen molar-refractivity contribution in [2.24, 2.45) is 0 Å². The van der Waals surface area contributed by atoms with Crippen molar-refractivity contribution in [2.45, 2.75) is 18.0 Å². The molecule has 0 saturated heterocycles. The Morgan fingerprint density at radius 1 is 1.21 bits per heavy atom. The second-order valence-corrected chi connectivity index (χ2v) is 6.24. The first-order valence-electron chi connectivity index (χ1n) is 5.42. The lowest BCUT2D eigenvalue weighted by Gasteiger charge is -2.25. The Hall–Kier alpha value is -1.58. The van der Waals surface area contributed by atoms with Gasteiger partial charge in [-0.1, -0.05) is 0 Å². The van der Waals surface area contributed by atoms with E-state index in [2.05, 4.69) is 20.2 Å². The number of fused-ring (bicyclic) bond motifs is 1. The maximum absolute atomic E-state index is 12.4. The lowest BCUT2D eigenvalue weighted by molar-refractivity contribution is 0.335. The van der Waals surface area contributed by atoms with Crippen molar-refractivity contribution < 1.29 is 8.42 Å². The zero-order valence-electron chi connectivity index (χ0n) is 9.64. The van der Waals surface area contributed by atoms with Crippen LogP contribution in [0.5, 0.6) is 0 Å². The minimum atomic E-state index is -3.63. The number of aromatic nitrogens is 5. The Morgan fingerprint density at radius 3 is 2.68 bits per heavy atom. The van der Waals surface area contributed by atoms with E-state index in [9.17, 15) is 8.42 Å². The van der Waals surface area contributed by atoms with Gasteiger partial charge in [0.25, 0.3) is 0 Å². The maximum Gasteiger partial charge on any atom is 0.246 e. The van der Waals surface area contributed by atoms with Crippen LogP contribution in [0.25, 0.3) is 0 Å². The second kappa shape index (κ2) is 4.51. The van der Waals surface area contributed by atoms with Crippen LogP contribution in [0, 0.1) is 0 Å². The van der Waals surface area contributed by atoms with Crippen LogP contribution in [0.3, 0.4) is 0 Å². The molecule has 1 aliphatic heterocycles. The van der Waals surface area contributed by atoms with Crippen LogP contribution in [-0.2, 0) is 23.1 Å². The molecule has 0 aliphatic carbocycles. The normalized spacial score (nSPS) is 16.3. The number of rotatable bonds is 2. The Balaban J connectivity index is 1.92. The Morgan fingerprint density at radius 2 is 1.95 bits per heavy atom. The summed E-state index contributed by atoms with van der Waals surface area (Å²) < 4.78 is 27.9. The van der Waals surface area contributed by atoms with Gasteiger partial charge in [-0.3, -0.25) is 0 Å². The summed E-state index contributed by atoms with van der Waals surface area (Å²) in [5.41, 5.74) is 0. The van der Waals surface area contributed by atoms with Crippen LogP contribution in [-0.4, -0.2) is 44.0 Å². The molecule has 0 aromatic carbocycles. The topological polar surface area (TPSA) is 93.9 Å². The third kappa shape index (κ3) is 2.20. The van der Waals surface area contributed by atoms with Crippen molar-refractivity contribution >= 4 is 21.6 Å². The number of sulfonamides is 1. The van der Waals surface area contributed by atoms with Gasteiger partial charge in [-0.15, -0.1) is 10.2 Å². The van der Waals surface area contributed by atoms with E-state index in [4.69, 9.17) is 11.6 Å². The number of hydrogen-bond acceptors (Lipinski definition) is 6. The molecule has 0 bridgehead atoms. The molecule has 3 rings (SSSR count). The SMILES string of the molecule is O=S(=O)(c1cnc(Cl)nc1)N1CCn2cnnc2C1. The number of hydrogen-bond donors (Lipinski definition) is 0. The average molecular weight is 301 g/mol. The molecule has 1 aliphatic rings. The van der Waals surface area contributed by atoms with Gasteiger partial charge in [-0.25, -0.2) is 18.4 Å². The smallest absolute Gasteiger partial charge is 0.246 e. The number of nitrogens with zero attached hydrogens (tertiary/aromatic N) is 6. The first kappa shape index (κ1) is 12.5. The second-order valence-electron chi connectivity index (χ2n) is 3.97. The Kier molecular flexibility index (Phi) is 2.96. The number of halogens is 1. The van der Waals surface area contributed by atoms with Crippen molar-refractivity contribution in [3.05, 3.63) is 29.8 Å². The molecule has 3 heterocycles. The van der Waals surface area contributed by atoms with Crippen molar-refractivity contribution in [1.82, 2.24) is 29.0 Å². The summed E-state index contributed by atoms with van der Waals surface area (Å²) in [6, 6.07) is 0. The fourth-order valence-corrected chi connectivity index (χ4v) is 3.21. The predicted molar refractivity (Wildman–Crippen MR) is 64.7 cm³/mol. The molecular formula is C9H9ClN6O2S. The summed E-state index contributed by atoms with van der Waals surface area (Å²) in [7, 11) is -3.63. The van der Waals surface area contributed by atoms with Crippen LogP contribution < -0.4 is 0 Å². The fraction of sp³-hybridized carbons (Fsp3) is 0.333. The van der Waals surface area contributed by atoms with Crippen molar-refractivity contribution in [1.29, 1.82) is 0 Å². The first-order chi connectivity index (χ1) is 9.07. The Bertz CT molecular complexity index is 698. The van der Waals surface area contributed by atoms with Gasteiger partial charge in [0, 0.05) is 13.1 Å². The standard InChI is InChI=1S/C9H9ClN6O2S/c10-9-11-3-7(4-12-9)19(17,18)16-2-1-15-6-13-14-8(15)5-16/h3-4,6H,1-2,5H2. The summed E-state index contributed by atoms with van der Waals surface area (Å²) in [5.74, 6) is 0.615. The maximum atomic E-state index is 12.4. The molecule has 0 N–H and O–H groups in total. The molecule has 10 heteroatoms. The van der Waals surface area contributed by atoms with Gasteiger partial charge >= 0.3 is 0 Å². The zero-order chi connectivity index (χ0) is 13.5. The summed E-state index contributed by atoms with van der Waals surface area (Å²) in [5, 5.41) is 7.65. The molecule has 2 aromatic rings. The summed E-state index contributed by atoms with van der Waals surface area (Å²) in [6.45, 7) is 1.07. The first-order valence-corrected chi connectivity index (χ1v) is 7.23. The zero-order valence-corrected chi connectivity index (χ0v) is 11.2. The van der Waals surface area contributed by atoms with Crippen molar-refractivity contribution in [3.63, 3.8) is 0 Å². The van der Waals surface area contributed by atoms with E-state index in [0.717, 1.165) is 0 Å². The fourth-order valence-electron chi connectivity index (χ4n) is 1.83. The molecule has 8 nitrogen and oxygen atoms in total. The predicted octanol–water partition coefficient (Wildman–Crippen LogP) is -0.0740. The van der Waals surface area contributed by atoms with Crippen LogP contribution >= 0.6 is 11.6 Å². The van der Waals surface area contributed by atoms with Gasteiger partial charge in [0.2, 0.25) is 15.3 Å². The third-order valence-electron chi connectivity index (χ3n) is 2.84. The molecule has 0 spiro atoms. The molecule has 0 radical (unpaired) electrons. The summed E-state index contributed by atoms with van der Waals surface area (Å²) in [4.78, 5) is 7.40. The van der Waals surface area contributed by atoms with E-state index >= 15 is 0 Å². The molecule has 0 unspecified atom stereocenters. The minimum absolute atomic E-state index is 0.0114. The van der Waals surface area contributed by atoms with Gasteiger partial charge in [-0.05, 0) is 11.6 Å². The Labute approximate surface area is 114 Å². The van der Waals surface area contributed by atoms with E-state index in [1.165, 1.54) is 16.7 Å². The van der Waals surface area contributed by atoms with Crippen LogP contribution in [0.1, 0.15) is 5.82 Å². The van der Waals surface area contributed by atoms with Gasteiger partial charge in [-0.2, -0.15) is 4.31 Å². The molecule has 0 atom stereocenters. The van der Waals surface area contributed by atoms with Gasteiger partial charge < -0.3 is 4.57 Å². The minimum Gasteiger partial charge on any atom is -0.315 e. The highest BCUT2D eigenvalue weighted by atomic mass is 35.5. The lowest BCUT2D eigenvalue weighted by Crippen LogP contribution is -2.38. The van der Waals surface area contributed by atoms with E-state index in [1.54, 1.807) is 6.33 Å². The molecule has 100 valence electrons. The van der Waals surface area contributed by atoms with Crippen LogP contribution in [0.4, 0.5) is 0 Å². The molecule has 2 aromatic heterocycles. The summed E-state index contributed by atoms with van der Waals surface area (Å²) >= 11 is 5.55. The third-order valence-corrected chi connectivity index (χ3v) is 4.83. The summed E-state index contributed by atoms with van der Waals surface area (Å²) in [6.07, 6.45) is 3.98. The largest absolute Gasteiger partial charge is 0.315 e. The van der Waals surface area contributed by atoms with Crippen LogP contribution in [0.2, 0.25) is 5.28 Å². The van der Waals surface area contributed by atoms with Crippen LogP contribution in [0.15, 0.2) is 23.6 Å².